The lowest BCUT2D eigenvalue weighted by atomic mass is 9.99. The van der Waals surface area contributed by atoms with Crippen molar-refractivity contribution in [2.45, 2.75) is 19.8 Å². The molecule has 3 rings (SSSR count). The van der Waals surface area contributed by atoms with E-state index in [1.807, 2.05) is 12.1 Å². The van der Waals surface area contributed by atoms with Gasteiger partial charge in [-0.3, -0.25) is 4.79 Å². The van der Waals surface area contributed by atoms with Gasteiger partial charge in [0.25, 0.3) is 0 Å². The SMILES string of the molecule is Cc1ccc2nc(NC(=O)[C@@H]3CCCNC3)sc2c1.Cl. The fraction of sp³-hybridized carbons (Fsp3) is 0.429. The molecule has 1 aromatic carbocycles. The van der Waals surface area contributed by atoms with Crippen LogP contribution in [0.1, 0.15) is 18.4 Å². The summed E-state index contributed by atoms with van der Waals surface area (Å²) < 4.78 is 1.12. The van der Waals surface area contributed by atoms with Crippen LogP contribution in [0.4, 0.5) is 5.13 Å². The summed E-state index contributed by atoms with van der Waals surface area (Å²) in [6.45, 7) is 3.85. The Morgan fingerprint density at radius 1 is 1.50 bits per heavy atom. The molecule has 0 aliphatic carbocycles. The molecule has 1 saturated heterocycles. The van der Waals surface area contributed by atoms with E-state index < -0.39 is 0 Å². The molecule has 0 spiro atoms. The van der Waals surface area contributed by atoms with Gasteiger partial charge < -0.3 is 10.6 Å². The van der Waals surface area contributed by atoms with Gasteiger partial charge in [0.05, 0.1) is 16.1 Å². The number of aromatic nitrogens is 1. The molecule has 0 radical (unpaired) electrons. The molecule has 1 aliphatic heterocycles. The molecule has 1 fully saturated rings. The normalized spacial score (nSPS) is 18.6. The number of nitrogens with one attached hydrogen (secondary N) is 2. The van der Waals surface area contributed by atoms with Gasteiger partial charge in [-0.15, -0.1) is 12.4 Å². The Balaban J connectivity index is 0.00000147. The number of hydrogen-bond donors (Lipinski definition) is 2. The highest BCUT2D eigenvalue weighted by molar-refractivity contribution is 7.22. The number of nitrogens with zero attached hydrogens (tertiary/aromatic N) is 1. The summed E-state index contributed by atoms with van der Waals surface area (Å²) in [5.41, 5.74) is 2.16. The number of benzene rings is 1. The van der Waals surface area contributed by atoms with Crippen molar-refractivity contribution in [3.8, 4) is 0 Å². The van der Waals surface area contributed by atoms with Gasteiger partial charge in [-0.05, 0) is 44.0 Å². The average molecular weight is 312 g/mol. The maximum Gasteiger partial charge on any atom is 0.230 e. The average Bonchev–Trinajstić information content (AvgIpc) is 2.81. The minimum Gasteiger partial charge on any atom is -0.316 e. The van der Waals surface area contributed by atoms with Crippen molar-refractivity contribution in [3.05, 3.63) is 23.8 Å². The van der Waals surface area contributed by atoms with Gasteiger partial charge in [0.2, 0.25) is 5.91 Å². The van der Waals surface area contributed by atoms with E-state index in [1.165, 1.54) is 5.56 Å². The topological polar surface area (TPSA) is 54.0 Å². The van der Waals surface area contributed by atoms with Crippen LogP contribution in [0.2, 0.25) is 0 Å². The molecule has 1 amide bonds. The van der Waals surface area contributed by atoms with E-state index in [0.717, 1.165) is 36.1 Å². The second-order valence-corrected chi connectivity index (χ2v) is 6.05. The first-order valence-electron chi connectivity index (χ1n) is 6.61. The Hall–Kier alpha value is -1.17. The first kappa shape index (κ1) is 15.2. The molecular formula is C14H18ClN3OS. The van der Waals surface area contributed by atoms with Crippen LogP contribution in [0.25, 0.3) is 10.2 Å². The summed E-state index contributed by atoms with van der Waals surface area (Å²) in [6.07, 6.45) is 2.03. The van der Waals surface area contributed by atoms with Gasteiger partial charge in [-0.25, -0.2) is 4.98 Å². The third kappa shape index (κ3) is 3.29. The van der Waals surface area contributed by atoms with Gasteiger partial charge in [0, 0.05) is 6.54 Å². The van der Waals surface area contributed by atoms with E-state index in [-0.39, 0.29) is 24.2 Å². The van der Waals surface area contributed by atoms with Crippen LogP contribution in [0.15, 0.2) is 18.2 Å². The monoisotopic (exact) mass is 311 g/mol. The van der Waals surface area contributed by atoms with Crippen molar-refractivity contribution < 1.29 is 4.79 Å². The molecule has 0 bridgehead atoms. The molecule has 0 saturated carbocycles. The Morgan fingerprint density at radius 2 is 2.35 bits per heavy atom. The summed E-state index contributed by atoms with van der Waals surface area (Å²) >= 11 is 1.54. The molecular weight excluding hydrogens is 294 g/mol. The maximum atomic E-state index is 12.1. The van der Waals surface area contributed by atoms with Crippen LogP contribution in [-0.2, 0) is 4.79 Å². The largest absolute Gasteiger partial charge is 0.316 e. The lowest BCUT2D eigenvalue weighted by molar-refractivity contribution is -0.120. The highest BCUT2D eigenvalue weighted by Crippen LogP contribution is 2.27. The molecule has 20 heavy (non-hydrogen) atoms. The Morgan fingerprint density at radius 3 is 3.10 bits per heavy atom. The number of anilines is 1. The van der Waals surface area contributed by atoms with Crippen molar-refractivity contribution in [3.63, 3.8) is 0 Å². The third-order valence-corrected chi connectivity index (χ3v) is 4.38. The molecule has 1 aliphatic rings. The first-order chi connectivity index (χ1) is 9.22. The van der Waals surface area contributed by atoms with Gasteiger partial charge in [0.15, 0.2) is 5.13 Å². The molecule has 1 atom stereocenters. The first-order valence-corrected chi connectivity index (χ1v) is 7.43. The second-order valence-electron chi connectivity index (χ2n) is 5.02. The predicted octanol–water partition coefficient (Wildman–Crippen LogP) is 2.96. The molecule has 108 valence electrons. The number of thiazole rings is 1. The van der Waals surface area contributed by atoms with Crippen LogP contribution in [0, 0.1) is 12.8 Å². The smallest absolute Gasteiger partial charge is 0.230 e. The highest BCUT2D eigenvalue weighted by Gasteiger charge is 2.21. The summed E-state index contributed by atoms with van der Waals surface area (Å²) in [4.78, 5) is 16.6. The summed E-state index contributed by atoms with van der Waals surface area (Å²) in [5.74, 6) is 0.158. The molecule has 1 aromatic heterocycles. The molecule has 2 N–H and O–H groups in total. The quantitative estimate of drug-likeness (QED) is 0.896. The maximum absolute atomic E-state index is 12.1. The minimum absolute atomic E-state index is 0. The Labute approximate surface area is 128 Å². The van der Waals surface area contributed by atoms with Crippen LogP contribution >= 0.6 is 23.7 Å². The van der Waals surface area contributed by atoms with E-state index in [4.69, 9.17) is 0 Å². The molecule has 0 unspecified atom stereocenters. The zero-order valence-electron chi connectivity index (χ0n) is 11.3. The van der Waals surface area contributed by atoms with Crippen LogP contribution in [-0.4, -0.2) is 24.0 Å². The van der Waals surface area contributed by atoms with Crippen molar-refractivity contribution >= 4 is 45.0 Å². The number of amides is 1. The van der Waals surface area contributed by atoms with Gasteiger partial charge >= 0.3 is 0 Å². The van der Waals surface area contributed by atoms with E-state index in [1.54, 1.807) is 11.3 Å². The number of fused-ring (bicyclic) bond motifs is 1. The molecule has 4 nitrogen and oxygen atoms in total. The number of carbonyl (C=O) groups excluding carboxylic acids is 1. The van der Waals surface area contributed by atoms with E-state index in [2.05, 4.69) is 28.6 Å². The third-order valence-electron chi connectivity index (χ3n) is 3.44. The number of halogens is 1. The summed E-state index contributed by atoms with van der Waals surface area (Å²) in [5, 5.41) is 6.91. The van der Waals surface area contributed by atoms with Crippen molar-refractivity contribution in [1.82, 2.24) is 10.3 Å². The summed E-state index contributed by atoms with van der Waals surface area (Å²) in [7, 11) is 0. The number of carbonyl (C=O) groups is 1. The fourth-order valence-corrected chi connectivity index (χ4v) is 3.34. The van der Waals surface area contributed by atoms with E-state index in [0.29, 0.717) is 5.13 Å². The number of piperidine rings is 1. The van der Waals surface area contributed by atoms with Crippen LogP contribution < -0.4 is 10.6 Å². The zero-order valence-corrected chi connectivity index (χ0v) is 12.9. The summed E-state index contributed by atoms with van der Waals surface area (Å²) in [6, 6.07) is 6.14. The Kier molecular flexibility index (Phi) is 4.96. The number of hydrogen-bond acceptors (Lipinski definition) is 4. The van der Waals surface area contributed by atoms with Crippen LogP contribution in [0.3, 0.4) is 0 Å². The number of rotatable bonds is 2. The predicted molar refractivity (Wildman–Crippen MR) is 85.8 cm³/mol. The van der Waals surface area contributed by atoms with Crippen LogP contribution in [0.5, 0.6) is 0 Å². The second kappa shape index (κ2) is 6.52. The molecule has 2 aromatic rings. The van der Waals surface area contributed by atoms with E-state index >= 15 is 0 Å². The molecule has 6 heteroatoms. The van der Waals surface area contributed by atoms with E-state index in [9.17, 15) is 4.79 Å². The number of aryl methyl sites for hydroxylation is 1. The van der Waals surface area contributed by atoms with Gasteiger partial charge in [-0.1, -0.05) is 17.4 Å². The van der Waals surface area contributed by atoms with Crippen molar-refractivity contribution in [2.24, 2.45) is 5.92 Å². The van der Waals surface area contributed by atoms with Gasteiger partial charge in [0.1, 0.15) is 0 Å². The zero-order chi connectivity index (χ0) is 13.2. The highest BCUT2D eigenvalue weighted by atomic mass is 35.5. The van der Waals surface area contributed by atoms with Gasteiger partial charge in [-0.2, -0.15) is 0 Å². The molecule has 2 heterocycles. The Bertz CT molecular complexity index is 607. The van der Waals surface area contributed by atoms with Crippen molar-refractivity contribution in [1.29, 1.82) is 0 Å². The lowest BCUT2D eigenvalue weighted by Crippen LogP contribution is -2.37. The fourth-order valence-electron chi connectivity index (χ4n) is 2.37. The lowest BCUT2D eigenvalue weighted by Gasteiger charge is -2.21. The minimum atomic E-state index is 0. The van der Waals surface area contributed by atoms with Crippen molar-refractivity contribution in [2.75, 3.05) is 18.4 Å². The standard InChI is InChI=1S/C14H17N3OS.ClH/c1-9-4-5-11-12(7-9)19-14(16-11)17-13(18)10-3-2-6-15-8-10;/h4-5,7,10,15H,2-3,6,8H2,1H3,(H,16,17,18);1H/t10-;/m1./s1.